The van der Waals surface area contributed by atoms with Crippen LogP contribution in [0.2, 0.25) is 5.02 Å². The second kappa shape index (κ2) is 11.0. The van der Waals surface area contributed by atoms with Crippen LogP contribution in [-0.4, -0.2) is 18.5 Å². The van der Waals surface area contributed by atoms with Gasteiger partial charge in [-0.3, -0.25) is 4.79 Å². The summed E-state index contributed by atoms with van der Waals surface area (Å²) in [6.45, 7) is 2.38. The van der Waals surface area contributed by atoms with Gasteiger partial charge in [0.05, 0.1) is 12.2 Å². The highest BCUT2D eigenvalue weighted by Gasteiger charge is 2.13. The normalized spacial score (nSPS) is 11.0. The van der Waals surface area contributed by atoms with Crippen LogP contribution in [0.25, 0.3) is 17.4 Å². The molecule has 6 nitrogen and oxygen atoms in total. The second-order valence-electron chi connectivity index (χ2n) is 6.90. The Labute approximate surface area is 191 Å². The number of esters is 1. The van der Waals surface area contributed by atoms with E-state index < -0.39 is 11.9 Å². The van der Waals surface area contributed by atoms with Gasteiger partial charge in [0.2, 0.25) is 0 Å². The summed E-state index contributed by atoms with van der Waals surface area (Å²) in [4.78, 5) is 24.5. The smallest absolute Gasteiger partial charge is 0.338 e. The average molecular weight is 449 g/mol. The lowest BCUT2D eigenvalue weighted by molar-refractivity contribution is -0.112. The van der Waals surface area contributed by atoms with Gasteiger partial charge in [0.25, 0.3) is 5.91 Å². The number of carbonyl (C=O) groups excluding carboxylic acids is 2. The lowest BCUT2D eigenvalue weighted by atomic mass is 10.2. The number of carbonyl (C=O) groups is 2. The van der Waals surface area contributed by atoms with Crippen molar-refractivity contribution in [3.05, 3.63) is 82.6 Å². The van der Waals surface area contributed by atoms with E-state index in [2.05, 4.69) is 5.32 Å². The quantitative estimate of drug-likeness (QED) is 0.194. The van der Waals surface area contributed by atoms with Gasteiger partial charge in [0.1, 0.15) is 23.2 Å². The standard InChI is InChI=1S/C25H21ClN2O4/c1-2-3-13-31-25(30)17-7-9-21(10-8-17)28-24(29)19(16-27)15-22-11-12-23(32-22)18-5-4-6-20(26)14-18/h4-12,14-15H,2-3,13H2,1H3,(H,28,29)/b19-15+. The Kier molecular flexibility index (Phi) is 7.85. The van der Waals surface area contributed by atoms with Crippen molar-refractivity contribution in [2.45, 2.75) is 19.8 Å². The number of hydrogen-bond acceptors (Lipinski definition) is 5. The van der Waals surface area contributed by atoms with Crippen LogP contribution in [0.3, 0.4) is 0 Å². The molecule has 162 valence electrons. The molecule has 0 spiro atoms. The molecular weight excluding hydrogens is 428 g/mol. The number of nitriles is 1. The van der Waals surface area contributed by atoms with E-state index in [1.54, 1.807) is 54.6 Å². The molecule has 3 rings (SSSR count). The van der Waals surface area contributed by atoms with Gasteiger partial charge in [-0.1, -0.05) is 37.1 Å². The minimum absolute atomic E-state index is 0.125. The summed E-state index contributed by atoms with van der Waals surface area (Å²) in [7, 11) is 0. The third kappa shape index (κ3) is 6.10. The Morgan fingerprint density at radius 1 is 1.16 bits per heavy atom. The summed E-state index contributed by atoms with van der Waals surface area (Å²) < 4.78 is 10.9. The van der Waals surface area contributed by atoms with E-state index in [1.165, 1.54) is 6.08 Å². The minimum atomic E-state index is -0.591. The molecule has 0 unspecified atom stereocenters. The van der Waals surface area contributed by atoms with E-state index in [0.29, 0.717) is 34.4 Å². The van der Waals surface area contributed by atoms with E-state index in [0.717, 1.165) is 18.4 Å². The average Bonchev–Trinajstić information content (AvgIpc) is 3.27. The minimum Gasteiger partial charge on any atom is -0.462 e. The molecule has 0 radical (unpaired) electrons. The number of hydrogen-bond donors (Lipinski definition) is 1. The van der Waals surface area contributed by atoms with Crippen LogP contribution < -0.4 is 5.32 Å². The maximum atomic E-state index is 12.5. The molecule has 0 aliphatic rings. The number of amides is 1. The zero-order chi connectivity index (χ0) is 22.9. The van der Waals surface area contributed by atoms with Crippen molar-refractivity contribution in [2.24, 2.45) is 0 Å². The lowest BCUT2D eigenvalue weighted by Crippen LogP contribution is -2.13. The van der Waals surface area contributed by atoms with Crippen LogP contribution in [0, 0.1) is 11.3 Å². The molecule has 1 aromatic heterocycles. The van der Waals surface area contributed by atoms with Crippen molar-refractivity contribution in [1.82, 2.24) is 0 Å². The summed E-state index contributed by atoms with van der Waals surface area (Å²) in [5.74, 6) is -0.0801. The van der Waals surface area contributed by atoms with Crippen molar-refractivity contribution in [3.63, 3.8) is 0 Å². The summed E-state index contributed by atoms with van der Waals surface area (Å²) >= 11 is 6.01. The highest BCUT2D eigenvalue weighted by Crippen LogP contribution is 2.26. The monoisotopic (exact) mass is 448 g/mol. The molecule has 0 fully saturated rings. The molecule has 32 heavy (non-hydrogen) atoms. The Bertz CT molecular complexity index is 1170. The first-order valence-electron chi connectivity index (χ1n) is 10.1. The van der Waals surface area contributed by atoms with Gasteiger partial charge in [-0.25, -0.2) is 4.79 Å². The number of unbranched alkanes of at least 4 members (excludes halogenated alkanes) is 1. The van der Waals surface area contributed by atoms with E-state index >= 15 is 0 Å². The van der Waals surface area contributed by atoms with Crippen molar-refractivity contribution in [1.29, 1.82) is 5.26 Å². The third-order valence-corrected chi connectivity index (χ3v) is 4.73. The van der Waals surface area contributed by atoms with E-state index in [-0.39, 0.29) is 5.57 Å². The topological polar surface area (TPSA) is 92.3 Å². The Morgan fingerprint density at radius 2 is 1.94 bits per heavy atom. The maximum absolute atomic E-state index is 12.5. The number of rotatable bonds is 8. The van der Waals surface area contributed by atoms with Gasteiger partial charge in [-0.05, 0) is 55.0 Å². The molecule has 3 aromatic rings. The number of ether oxygens (including phenoxy) is 1. The van der Waals surface area contributed by atoms with E-state index in [1.807, 2.05) is 19.1 Å². The molecule has 0 saturated carbocycles. The zero-order valence-corrected chi connectivity index (χ0v) is 18.2. The van der Waals surface area contributed by atoms with Gasteiger partial charge in [0, 0.05) is 22.3 Å². The Morgan fingerprint density at radius 3 is 2.62 bits per heavy atom. The fraction of sp³-hybridized carbons (Fsp3) is 0.160. The first-order chi connectivity index (χ1) is 15.5. The number of halogens is 1. The highest BCUT2D eigenvalue weighted by atomic mass is 35.5. The number of nitrogens with one attached hydrogen (secondary N) is 1. The van der Waals surface area contributed by atoms with Crippen molar-refractivity contribution in [2.75, 3.05) is 11.9 Å². The molecule has 0 bridgehead atoms. The third-order valence-electron chi connectivity index (χ3n) is 4.50. The highest BCUT2D eigenvalue weighted by molar-refractivity contribution is 6.30. The number of nitrogens with zero attached hydrogens (tertiary/aromatic N) is 1. The Hall–Kier alpha value is -3.82. The molecule has 1 heterocycles. The number of anilines is 1. The zero-order valence-electron chi connectivity index (χ0n) is 17.4. The molecule has 0 atom stereocenters. The van der Waals surface area contributed by atoms with Crippen LogP contribution in [0.15, 0.2) is 70.7 Å². The first kappa shape index (κ1) is 22.9. The molecule has 1 N–H and O–H groups in total. The SMILES string of the molecule is CCCCOC(=O)c1ccc(NC(=O)/C(C#N)=C/c2ccc(-c3cccc(Cl)c3)o2)cc1. The van der Waals surface area contributed by atoms with Crippen LogP contribution in [0.1, 0.15) is 35.9 Å². The van der Waals surface area contributed by atoms with Gasteiger partial charge in [-0.2, -0.15) is 5.26 Å². The predicted octanol–water partition coefficient (Wildman–Crippen LogP) is 6.10. The molecule has 0 aliphatic heterocycles. The van der Waals surface area contributed by atoms with Crippen molar-refractivity contribution >= 4 is 35.2 Å². The summed E-state index contributed by atoms with van der Waals surface area (Å²) in [5.41, 5.74) is 1.49. The predicted molar refractivity (Wildman–Crippen MR) is 123 cm³/mol. The van der Waals surface area contributed by atoms with Crippen LogP contribution in [0.5, 0.6) is 0 Å². The molecule has 0 aliphatic carbocycles. The molecule has 1 amide bonds. The largest absolute Gasteiger partial charge is 0.462 e. The lowest BCUT2D eigenvalue weighted by Gasteiger charge is -2.06. The molecule has 2 aromatic carbocycles. The van der Waals surface area contributed by atoms with E-state index in [9.17, 15) is 14.9 Å². The first-order valence-corrected chi connectivity index (χ1v) is 10.4. The van der Waals surface area contributed by atoms with Crippen molar-refractivity contribution < 1.29 is 18.7 Å². The summed E-state index contributed by atoms with van der Waals surface area (Å²) in [5, 5.41) is 12.6. The van der Waals surface area contributed by atoms with Crippen LogP contribution >= 0.6 is 11.6 Å². The summed E-state index contributed by atoms with van der Waals surface area (Å²) in [6.07, 6.45) is 3.11. The van der Waals surface area contributed by atoms with E-state index in [4.69, 9.17) is 20.8 Å². The van der Waals surface area contributed by atoms with Crippen LogP contribution in [-0.2, 0) is 9.53 Å². The number of furan rings is 1. The van der Waals surface area contributed by atoms with Crippen molar-refractivity contribution in [3.8, 4) is 17.4 Å². The molecular formula is C25H21ClN2O4. The number of benzene rings is 2. The van der Waals surface area contributed by atoms with Gasteiger partial charge < -0.3 is 14.5 Å². The van der Waals surface area contributed by atoms with Gasteiger partial charge >= 0.3 is 5.97 Å². The Balaban J connectivity index is 1.67. The second-order valence-corrected chi connectivity index (χ2v) is 7.34. The maximum Gasteiger partial charge on any atom is 0.338 e. The van der Waals surface area contributed by atoms with Crippen LogP contribution in [0.4, 0.5) is 5.69 Å². The summed E-state index contributed by atoms with van der Waals surface area (Å²) in [6, 6.07) is 18.7. The molecule has 0 saturated heterocycles. The van der Waals surface area contributed by atoms with Gasteiger partial charge in [-0.15, -0.1) is 0 Å². The fourth-order valence-corrected chi connectivity index (χ4v) is 2.99. The van der Waals surface area contributed by atoms with Gasteiger partial charge in [0.15, 0.2) is 0 Å². The molecule has 7 heteroatoms. The fourth-order valence-electron chi connectivity index (χ4n) is 2.80.